The Kier molecular flexibility index (Phi) is 7.76. The van der Waals surface area contributed by atoms with E-state index in [0.29, 0.717) is 36.1 Å². The Bertz CT molecular complexity index is 1750. The van der Waals surface area contributed by atoms with Crippen LogP contribution < -0.4 is 9.47 Å². The van der Waals surface area contributed by atoms with Gasteiger partial charge in [0.2, 0.25) is 0 Å². The summed E-state index contributed by atoms with van der Waals surface area (Å²) in [4.78, 5) is 40.9. The number of rotatable bonds is 9. The Morgan fingerprint density at radius 1 is 1.02 bits per heavy atom. The maximum atomic E-state index is 14.7. The highest BCUT2D eigenvalue weighted by Crippen LogP contribution is 2.68. The number of fused-ring (bicyclic) bond motifs is 2. The van der Waals surface area contributed by atoms with Gasteiger partial charge >= 0.3 is 5.97 Å². The number of aliphatic hydroxyl groups excluding tert-OH is 1. The Morgan fingerprint density at radius 2 is 1.72 bits per heavy atom. The molecule has 9 nitrogen and oxygen atoms in total. The predicted molar refractivity (Wildman–Crippen MR) is 176 cm³/mol. The maximum absolute atomic E-state index is 14.7. The predicted octanol–water partition coefficient (Wildman–Crippen LogP) is 6.21. The number of ketones is 2. The molecule has 3 aliphatic heterocycles. The number of Topliss-reactive ketones (excluding diaryl/α,β-unsaturated/α-hetero) is 2. The van der Waals surface area contributed by atoms with Gasteiger partial charge in [0, 0.05) is 29.4 Å². The van der Waals surface area contributed by atoms with Crippen molar-refractivity contribution in [3.05, 3.63) is 69.4 Å². The van der Waals surface area contributed by atoms with E-state index >= 15 is 0 Å². The first-order chi connectivity index (χ1) is 22.0. The van der Waals surface area contributed by atoms with Gasteiger partial charge in [0.15, 0.2) is 22.8 Å². The highest BCUT2D eigenvalue weighted by atomic mass is 16.6. The fourth-order valence-corrected chi connectivity index (χ4v) is 8.27. The normalized spacial score (nSPS) is 30.8. The molecule has 3 N–H and O–H groups in total. The molecule has 1 aromatic carbocycles. The number of phenols is 1. The third-order valence-corrected chi connectivity index (χ3v) is 10.5. The lowest BCUT2D eigenvalue weighted by Crippen LogP contribution is -2.72. The summed E-state index contributed by atoms with van der Waals surface area (Å²) in [5.74, 6) is -2.84. The van der Waals surface area contributed by atoms with Crippen LogP contribution in [0.5, 0.6) is 17.2 Å². The SMILES string of the molecule is CC(C)=CCC[C@@]1(C)C=Cc2c(O)c3c(c(CC=C(C)C)c2O1)OC12C(=CC4CC1C(C)(C)OC2(CC=C(CO)C(=O)O)C4=O)C3=O. The molecule has 1 aromatic rings. The van der Waals surface area contributed by atoms with Crippen LogP contribution in [0, 0.1) is 11.8 Å². The van der Waals surface area contributed by atoms with Gasteiger partial charge in [0.25, 0.3) is 0 Å². The number of ether oxygens (including phenoxy) is 3. The van der Waals surface area contributed by atoms with Crippen molar-refractivity contribution in [2.75, 3.05) is 6.61 Å². The molecule has 3 heterocycles. The molecule has 1 saturated carbocycles. The summed E-state index contributed by atoms with van der Waals surface area (Å²) >= 11 is 0. The number of carboxylic acid groups (broad SMARTS) is 1. The number of phenolic OH excluding ortho intramolecular Hbond substituents is 1. The highest BCUT2D eigenvalue weighted by molar-refractivity contribution is 6.19. The minimum absolute atomic E-state index is 0.0173. The first-order valence-corrected chi connectivity index (χ1v) is 16.3. The van der Waals surface area contributed by atoms with Crippen molar-refractivity contribution < 1.29 is 43.9 Å². The van der Waals surface area contributed by atoms with Crippen LogP contribution >= 0.6 is 0 Å². The summed E-state index contributed by atoms with van der Waals surface area (Å²) < 4.78 is 20.5. The average molecular weight is 645 g/mol. The van der Waals surface area contributed by atoms with E-state index in [-0.39, 0.29) is 40.4 Å². The van der Waals surface area contributed by atoms with Gasteiger partial charge < -0.3 is 29.5 Å². The number of aliphatic hydroxyl groups is 1. The molecular formula is C38H44O9. The molecule has 0 amide bonds. The third-order valence-electron chi connectivity index (χ3n) is 10.5. The monoisotopic (exact) mass is 644 g/mol. The Labute approximate surface area is 275 Å². The fraction of sp³-hybridized carbons (Fsp3) is 0.500. The second-order valence-electron chi connectivity index (χ2n) is 14.8. The van der Waals surface area contributed by atoms with Crippen molar-refractivity contribution in [2.24, 2.45) is 11.8 Å². The molecule has 2 fully saturated rings. The standard InChI is InChI=1S/C38H44O9/c1-20(2)9-8-14-36(7)15-13-24-29(40)28-30(41)26-17-23-18-27-35(5,6)47-37(33(23)42,16-12-22(19-39)34(43)44)38(26,27)46-32(28)25(31(24)45-36)11-10-21(3)4/h9-10,12-13,15,17,23,27,39-40H,8,11,14,16,18-19H2,1-7H3,(H,43,44)/t23?,27?,36-,37?,38?/m0/s1. The molecule has 9 heteroatoms. The zero-order chi connectivity index (χ0) is 34.3. The van der Waals surface area contributed by atoms with Crippen LogP contribution in [0.4, 0.5) is 0 Å². The molecule has 4 bridgehead atoms. The van der Waals surface area contributed by atoms with E-state index in [2.05, 4.69) is 6.08 Å². The van der Waals surface area contributed by atoms with Crippen molar-refractivity contribution in [1.82, 2.24) is 0 Å². The van der Waals surface area contributed by atoms with Crippen LogP contribution in [-0.4, -0.2) is 61.9 Å². The lowest BCUT2D eigenvalue weighted by atomic mass is 9.51. The molecule has 0 aromatic heterocycles. The molecule has 6 aliphatic rings. The van der Waals surface area contributed by atoms with Crippen LogP contribution in [0.15, 0.2) is 52.7 Å². The first kappa shape index (κ1) is 33.0. The topological polar surface area (TPSA) is 140 Å². The van der Waals surface area contributed by atoms with E-state index in [1.807, 2.05) is 66.7 Å². The fourth-order valence-electron chi connectivity index (χ4n) is 8.27. The number of carbonyl (C=O) groups excluding carboxylic acids is 2. The van der Waals surface area contributed by atoms with Crippen LogP contribution in [-0.2, 0) is 20.7 Å². The molecule has 1 saturated heterocycles. The molecule has 47 heavy (non-hydrogen) atoms. The largest absolute Gasteiger partial charge is 0.506 e. The Hall–Kier alpha value is -3.95. The van der Waals surface area contributed by atoms with Crippen LogP contribution in [0.1, 0.15) is 95.6 Å². The lowest BCUT2D eigenvalue weighted by Gasteiger charge is -2.56. The summed E-state index contributed by atoms with van der Waals surface area (Å²) in [7, 11) is 0. The number of carbonyl (C=O) groups is 3. The molecule has 5 atom stereocenters. The minimum atomic E-state index is -1.74. The number of aliphatic carboxylic acids is 1. The number of hydrogen-bond acceptors (Lipinski definition) is 8. The van der Waals surface area contributed by atoms with E-state index < -0.39 is 52.6 Å². The maximum Gasteiger partial charge on any atom is 0.333 e. The molecule has 3 aliphatic carbocycles. The van der Waals surface area contributed by atoms with Gasteiger partial charge in [0.1, 0.15) is 28.4 Å². The summed E-state index contributed by atoms with van der Waals surface area (Å²) in [6, 6.07) is 0. The summed E-state index contributed by atoms with van der Waals surface area (Å²) in [5, 5.41) is 31.2. The van der Waals surface area contributed by atoms with E-state index in [0.717, 1.165) is 12.0 Å². The van der Waals surface area contributed by atoms with Crippen molar-refractivity contribution in [2.45, 2.75) is 103 Å². The molecule has 250 valence electrons. The number of benzene rings is 1. The molecular weight excluding hydrogens is 600 g/mol. The van der Waals surface area contributed by atoms with Crippen LogP contribution in [0.2, 0.25) is 0 Å². The van der Waals surface area contributed by atoms with Crippen molar-refractivity contribution in [1.29, 1.82) is 0 Å². The first-order valence-electron chi connectivity index (χ1n) is 16.3. The molecule has 7 rings (SSSR count). The lowest BCUT2D eigenvalue weighted by molar-refractivity contribution is -0.171. The molecule has 1 spiro atoms. The van der Waals surface area contributed by atoms with E-state index in [4.69, 9.17) is 14.2 Å². The van der Waals surface area contributed by atoms with Crippen LogP contribution in [0.25, 0.3) is 6.08 Å². The Balaban J connectivity index is 1.59. The smallest absolute Gasteiger partial charge is 0.333 e. The van der Waals surface area contributed by atoms with Gasteiger partial charge in [-0.05, 0) is 86.3 Å². The number of hydrogen-bond donors (Lipinski definition) is 3. The zero-order valence-corrected chi connectivity index (χ0v) is 28.2. The van der Waals surface area contributed by atoms with Gasteiger partial charge in [-0.3, -0.25) is 9.59 Å². The van der Waals surface area contributed by atoms with Crippen molar-refractivity contribution in [3.63, 3.8) is 0 Å². The molecule has 0 radical (unpaired) electrons. The summed E-state index contributed by atoms with van der Waals surface area (Å²) in [6.45, 7) is 13.0. The van der Waals surface area contributed by atoms with E-state index in [1.165, 1.54) is 11.6 Å². The second kappa shape index (κ2) is 11.1. The number of aromatic hydroxyl groups is 1. The van der Waals surface area contributed by atoms with Crippen molar-refractivity contribution in [3.8, 4) is 17.2 Å². The summed E-state index contributed by atoms with van der Waals surface area (Å²) in [5.41, 5.74) is -1.79. The minimum Gasteiger partial charge on any atom is -0.506 e. The third kappa shape index (κ3) is 4.76. The van der Waals surface area contributed by atoms with Gasteiger partial charge in [-0.1, -0.05) is 35.5 Å². The van der Waals surface area contributed by atoms with Gasteiger partial charge in [-0.15, -0.1) is 0 Å². The highest BCUT2D eigenvalue weighted by Gasteiger charge is 2.81. The zero-order valence-electron chi connectivity index (χ0n) is 28.2. The van der Waals surface area contributed by atoms with E-state index in [1.54, 1.807) is 6.08 Å². The second-order valence-corrected chi connectivity index (χ2v) is 14.8. The Morgan fingerprint density at radius 3 is 2.36 bits per heavy atom. The van der Waals surface area contributed by atoms with E-state index in [9.17, 15) is 29.7 Å². The van der Waals surface area contributed by atoms with Gasteiger partial charge in [0.05, 0.1) is 23.3 Å². The molecule has 4 unspecified atom stereocenters. The average Bonchev–Trinajstić information content (AvgIpc) is 3.13. The van der Waals surface area contributed by atoms with Gasteiger partial charge in [-0.2, -0.15) is 0 Å². The number of carboxylic acids is 1. The quantitative estimate of drug-likeness (QED) is 0.211. The summed E-state index contributed by atoms with van der Waals surface area (Å²) in [6.07, 6.45) is 12.8. The number of allylic oxidation sites excluding steroid dienone is 5. The van der Waals surface area contributed by atoms with Crippen LogP contribution in [0.3, 0.4) is 0 Å². The van der Waals surface area contributed by atoms with Gasteiger partial charge in [-0.25, -0.2) is 4.79 Å². The van der Waals surface area contributed by atoms with Crippen molar-refractivity contribution >= 4 is 23.6 Å².